The average molecular weight is 239 g/mol. The summed E-state index contributed by atoms with van der Waals surface area (Å²) in [5, 5.41) is 8.75. The fourth-order valence-electron chi connectivity index (χ4n) is 1.43. The maximum Gasteiger partial charge on any atom is 0.343 e. The van der Waals surface area contributed by atoms with Gasteiger partial charge >= 0.3 is 5.97 Å². The molecule has 0 aliphatic carbocycles. The van der Waals surface area contributed by atoms with Crippen LogP contribution in [0.15, 0.2) is 48.8 Å². The Bertz CT molecular complexity index is 612. The third kappa shape index (κ3) is 2.71. The molecule has 0 radical (unpaired) electrons. The summed E-state index contributed by atoms with van der Waals surface area (Å²) in [6, 6.07) is 11.8. The summed E-state index contributed by atoms with van der Waals surface area (Å²) in [4.78, 5) is 11.8. The van der Waals surface area contributed by atoms with E-state index in [9.17, 15) is 4.79 Å². The van der Waals surface area contributed by atoms with Crippen molar-refractivity contribution in [2.75, 3.05) is 0 Å². The van der Waals surface area contributed by atoms with Crippen LogP contribution in [0.2, 0.25) is 0 Å². The quantitative estimate of drug-likeness (QED) is 0.454. The van der Waals surface area contributed by atoms with Crippen LogP contribution in [-0.2, 0) is 7.05 Å². The van der Waals surface area contributed by atoms with Gasteiger partial charge in [0.1, 0.15) is 12.8 Å². The van der Waals surface area contributed by atoms with Gasteiger partial charge < -0.3 is 4.74 Å². The Labute approximate surface area is 105 Å². The molecule has 0 atom stereocenters. The predicted octanol–water partition coefficient (Wildman–Crippen LogP) is 1.60. The molecular weight excluding hydrogens is 228 g/mol. The van der Waals surface area contributed by atoms with E-state index in [1.807, 2.05) is 17.7 Å². The van der Waals surface area contributed by atoms with Crippen LogP contribution in [0.5, 0.6) is 5.75 Å². The van der Waals surface area contributed by atoms with Crippen LogP contribution < -0.4 is 9.30 Å². The number of hydrogen-bond acceptors (Lipinski definition) is 3. The summed E-state index contributed by atoms with van der Waals surface area (Å²) < 4.78 is 7.01. The number of esters is 1. The molecule has 1 aromatic heterocycles. The zero-order chi connectivity index (χ0) is 13.0. The van der Waals surface area contributed by atoms with Crippen molar-refractivity contribution in [1.29, 1.82) is 5.26 Å². The Morgan fingerprint density at radius 3 is 2.67 bits per heavy atom. The summed E-state index contributed by atoms with van der Waals surface area (Å²) in [5.74, 6) is -0.0713. The Kier molecular flexibility index (Phi) is 3.35. The normalized spacial score (nSPS) is 9.56. The molecule has 0 saturated carbocycles. The second-order valence-electron chi connectivity index (χ2n) is 3.78. The van der Waals surface area contributed by atoms with Crippen molar-refractivity contribution in [2.45, 2.75) is 0 Å². The molecule has 1 heterocycles. The topological polar surface area (TPSA) is 54.0 Å². The van der Waals surface area contributed by atoms with E-state index in [0.29, 0.717) is 16.9 Å². The van der Waals surface area contributed by atoms with E-state index in [2.05, 4.69) is 0 Å². The highest BCUT2D eigenvalue weighted by Crippen LogP contribution is 2.14. The van der Waals surface area contributed by atoms with Gasteiger partial charge in [0.15, 0.2) is 12.4 Å². The van der Waals surface area contributed by atoms with Crippen molar-refractivity contribution in [1.82, 2.24) is 0 Å². The number of hydrogen-bond donors (Lipinski definition) is 0. The molecule has 0 aliphatic rings. The number of aryl methyl sites for hydroxylation is 1. The maximum absolute atomic E-state index is 11.8. The number of nitrogens with zero attached hydrogens (tertiary/aromatic N) is 2. The Balaban J connectivity index is 2.16. The van der Waals surface area contributed by atoms with Crippen molar-refractivity contribution < 1.29 is 14.1 Å². The second-order valence-corrected chi connectivity index (χ2v) is 3.78. The fourth-order valence-corrected chi connectivity index (χ4v) is 1.43. The Morgan fingerprint density at radius 2 is 2.00 bits per heavy atom. The number of carbonyl (C=O) groups is 1. The standard InChI is InChI=1S/C14H11N2O2/c1-16-7-5-12(6-8-16)14(17)18-13-4-2-3-11(9-13)10-15/h2-9H,1H3/q+1. The number of ether oxygens (including phenoxy) is 1. The number of aromatic nitrogens is 1. The molecule has 0 aliphatic heterocycles. The predicted molar refractivity (Wildman–Crippen MR) is 63.7 cm³/mol. The molecule has 18 heavy (non-hydrogen) atoms. The SMILES string of the molecule is C[n+]1ccc(C(=O)Oc2cccc(C#N)c2)cc1. The van der Waals surface area contributed by atoms with Gasteiger partial charge in [-0.3, -0.25) is 0 Å². The molecule has 4 nitrogen and oxygen atoms in total. The molecule has 1 aromatic carbocycles. The first-order valence-electron chi connectivity index (χ1n) is 5.36. The van der Waals surface area contributed by atoms with Gasteiger partial charge in [0.05, 0.1) is 17.2 Å². The third-order valence-electron chi connectivity index (χ3n) is 2.39. The van der Waals surface area contributed by atoms with E-state index >= 15 is 0 Å². The van der Waals surface area contributed by atoms with Gasteiger partial charge in [0, 0.05) is 12.1 Å². The second kappa shape index (κ2) is 5.11. The van der Waals surface area contributed by atoms with Crippen LogP contribution in [-0.4, -0.2) is 5.97 Å². The number of benzene rings is 1. The van der Waals surface area contributed by atoms with Gasteiger partial charge in [-0.05, 0) is 18.2 Å². The first kappa shape index (κ1) is 11.8. The van der Waals surface area contributed by atoms with Gasteiger partial charge in [-0.15, -0.1) is 0 Å². The summed E-state index contributed by atoms with van der Waals surface area (Å²) in [6.07, 6.45) is 3.53. The average Bonchev–Trinajstić information content (AvgIpc) is 2.39. The summed E-state index contributed by atoms with van der Waals surface area (Å²) in [6.45, 7) is 0. The van der Waals surface area contributed by atoms with Crippen LogP contribution in [0.1, 0.15) is 15.9 Å². The Morgan fingerprint density at radius 1 is 1.28 bits per heavy atom. The smallest absolute Gasteiger partial charge is 0.343 e. The highest BCUT2D eigenvalue weighted by molar-refractivity contribution is 5.90. The van der Waals surface area contributed by atoms with Gasteiger partial charge in [0.2, 0.25) is 0 Å². The highest BCUT2D eigenvalue weighted by atomic mass is 16.5. The minimum Gasteiger partial charge on any atom is -0.423 e. The molecule has 0 bridgehead atoms. The monoisotopic (exact) mass is 239 g/mol. The van der Waals surface area contributed by atoms with Crippen molar-refractivity contribution in [3.8, 4) is 11.8 Å². The number of nitriles is 1. The molecule has 0 fully saturated rings. The number of pyridine rings is 1. The van der Waals surface area contributed by atoms with E-state index < -0.39 is 5.97 Å². The van der Waals surface area contributed by atoms with Crippen molar-refractivity contribution in [3.63, 3.8) is 0 Å². The first-order chi connectivity index (χ1) is 8.69. The lowest BCUT2D eigenvalue weighted by Crippen LogP contribution is -2.26. The molecule has 2 aromatic rings. The minimum absolute atomic E-state index is 0.368. The molecule has 4 heteroatoms. The number of rotatable bonds is 2. The van der Waals surface area contributed by atoms with Crippen molar-refractivity contribution in [3.05, 3.63) is 59.9 Å². The van der Waals surface area contributed by atoms with Crippen LogP contribution in [0.25, 0.3) is 0 Å². The number of carbonyl (C=O) groups excluding carboxylic acids is 1. The third-order valence-corrected chi connectivity index (χ3v) is 2.39. The van der Waals surface area contributed by atoms with Gasteiger partial charge in [-0.2, -0.15) is 5.26 Å². The van der Waals surface area contributed by atoms with Crippen LogP contribution in [0.4, 0.5) is 0 Å². The summed E-state index contributed by atoms with van der Waals surface area (Å²) >= 11 is 0. The molecular formula is C14H11N2O2+. The molecule has 0 spiro atoms. The summed E-state index contributed by atoms with van der Waals surface area (Å²) in [7, 11) is 1.87. The zero-order valence-corrected chi connectivity index (χ0v) is 9.83. The van der Waals surface area contributed by atoms with E-state index in [1.54, 1.807) is 42.7 Å². The molecule has 0 amide bonds. The van der Waals surface area contributed by atoms with E-state index in [0.717, 1.165) is 0 Å². The maximum atomic E-state index is 11.8. The van der Waals surface area contributed by atoms with E-state index in [-0.39, 0.29) is 0 Å². The molecule has 0 N–H and O–H groups in total. The lowest BCUT2D eigenvalue weighted by molar-refractivity contribution is -0.671. The zero-order valence-electron chi connectivity index (χ0n) is 9.83. The largest absolute Gasteiger partial charge is 0.423 e. The van der Waals surface area contributed by atoms with Gasteiger partial charge in [0.25, 0.3) is 0 Å². The molecule has 88 valence electrons. The molecule has 0 unspecified atom stereocenters. The first-order valence-corrected chi connectivity index (χ1v) is 5.36. The van der Waals surface area contributed by atoms with Crippen LogP contribution in [0, 0.1) is 11.3 Å². The summed E-state index contributed by atoms with van der Waals surface area (Å²) in [5.41, 5.74) is 0.926. The fraction of sp³-hybridized carbons (Fsp3) is 0.0714. The minimum atomic E-state index is -0.439. The Hall–Kier alpha value is -2.67. The lowest BCUT2D eigenvalue weighted by Gasteiger charge is -2.03. The van der Waals surface area contributed by atoms with E-state index in [4.69, 9.17) is 10.00 Å². The van der Waals surface area contributed by atoms with Crippen LogP contribution >= 0.6 is 0 Å². The lowest BCUT2D eigenvalue weighted by atomic mass is 10.2. The molecule has 0 saturated heterocycles. The van der Waals surface area contributed by atoms with Crippen LogP contribution in [0.3, 0.4) is 0 Å². The molecule has 2 rings (SSSR count). The van der Waals surface area contributed by atoms with Gasteiger partial charge in [-0.25, -0.2) is 9.36 Å². The van der Waals surface area contributed by atoms with Crippen molar-refractivity contribution in [2.24, 2.45) is 7.05 Å². The van der Waals surface area contributed by atoms with E-state index in [1.165, 1.54) is 6.07 Å². The van der Waals surface area contributed by atoms with Crippen molar-refractivity contribution >= 4 is 5.97 Å². The van der Waals surface area contributed by atoms with Gasteiger partial charge in [-0.1, -0.05) is 6.07 Å². The highest BCUT2D eigenvalue weighted by Gasteiger charge is 2.10.